The lowest BCUT2D eigenvalue weighted by atomic mass is 9.71. The summed E-state index contributed by atoms with van der Waals surface area (Å²) in [5, 5.41) is 23.2. The molecule has 1 amide bonds. The predicted octanol–water partition coefficient (Wildman–Crippen LogP) is 0.491. The SMILES string of the molecule is NCc1cccc(C2CCN(C(=O)c3ccc4c(c3B(O)O)CNCC4)CC2)c1. The van der Waals surface area contributed by atoms with Crippen LogP contribution in [0.15, 0.2) is 36.4 Å². The number of benzene rings is 2. The van der Waals surface area contributed by atoms with Crippen molar-refractivity contribution in [2.45, 2.75) is 38.3 Å². The molecule has 6 nitrogen and oxygen atoms in total. The van der Waals surface area contributed by atoms with Gasteiger partial charge in [-0.2, -0.15) is 0 Å². The zero-order valence-corrected chi connectivity index (χ0v) is 16.6. The average molecular weight is 393 g/mol. The molecule has 5 N–H and O–H groups in total. The molecule has 2 aromatic carbocycles. The minimum atomic E-state index is -1.65. The normalized spacial score (nSPS) is 17.1. The van der Waals surface area contributed by atoms with E-state index in [2.05, 4.69) is 17.4 Å². The van der Waals surface area contributed by atoms with Crippen LogP contribution < -0.4 is 16.5 Å². The van der Waals surface area contributed by atoms with Gasteiger partial charge in [0, 0.05) is 31.7 Å². The van der Waals surface area contributed by atoms with Gasteiger partial charge < -0.3 is 26.0 Å². The third-order valence-corrected chi connectivity index (χ3v) is 6.26. The number of hydrogen-bond donors (Lipinski definition) is 4. The van der Waals surface area contributed by atoms with Crippen molar-refractivity contribution in [3.63, 3.8) is 0 Å². The molecule has 0 atom stereocenters. The standard InChI is InChI=1S/C22H28BN3O3/c24-13-15-2-1-3-18(12-15)16-7-10-26(11-8-16)22(27)19-5-4-17-6-9-25-14-20(17)21(19)23(28)29/h1-5,12,16,25,28-29H,6-11,13-14,24H2. The number of likely N-dealkylation sites (tertiary alicyclic amines) is 1. The lowest BCUT2D eigenvalue weighted by Gasteiger charge is -2.33. The van der Waals surface area contributed by atoms with E-state index in [1.165, 1.54) is 5.56 Å². The highest BCUT2D eigenvalue weighted by Crippen LogP contribution is 2.29. The molecule has 2 aromatic rings. The van der Waals surface area contributed by atoms with Crippen LogP contribution in [0.4, 0.5) is 0 Å². The Labute approximate surface area is 171 Å². The van der Waals surface area contributed by atoms with Gasteiger partial charge in [0.1, 0.15) is 0 Å². The third-order valence-electron chi connectivity index (χ3n) is 6.26. The molecule has 2 heterocycles. The number of amides is 1. The molecule has 152 valence electrons. The smallest absolute Gasteiger partial charge is 0.423 e. The largest absolute Gasteiger partial charge is 0.489 e. The number of nitrogens with one attached hydrogen (secondary N) is 1. The Morgan fingerprint density at radius 3 is 2.72 bits per heavy atom. The first-order chi connectivity index (χ1) is 14.1. The number of carbonyl (C=O) groups excluding carboxylic acids is 1. The van der Waals surface area contributed by atoms with Crippen LogP contribution in [0.1, 0.15) is 51.4 Å². The maximum absolute atomic E-state index is 13.2. The molecule has 29 heavy (non-hydrogen) atoms. The minimum Gasteiger partial charge on any atom is -0.423 e. The van der Waals surface area contributed by atoms with Gasteiger partial charge in [-0.15, -0.1) is 0 Å². The molecule has 7 heteroatoms. The monoisotopic (exact) mass is 393 g/mol. The first kappa shape index (κ1) is 20.1. The van der Waals surface area contributed by atoms with Crippen LogP contribution in [-0.2, 0) is 19.5 Å². The van der Waals surface area contributed by atoms with Crippen molar-refractivity contribution < 1.29 is 14.8 Å². The van der Waals surface area contributed by atoms with E-state index in [1.54, 1.807) is 6.07 Å². The van der Waals surface area contributed by atoms with Gasteiger partial charge in [-0.25, -0.2) is 0 Å². The Bertz CT molecular complexity index is 895. The summed E-state index contributed by atoms with van der Waals surface area (Å²) < 4.78 is 0. The Kier molecular flexibility index (Phi) is 6.01. The Balaban J connectivity index is 1.51. The maximum Gasteiger partial charge on any atom is 0.489 e. The first-order valence-electron chi connectivity index (χ1n) is 10.4. The number of hydrogen-bond acceptors (Lipinski definition) is 5. The summed E-state index contributed by atoms with van der Waals surface area (Å²) in [4.78, 5) is 15.1. The number of nitrogens with two attached hydrogens (primary N) is 1. The maximum atomic E-state index is 13.2. The summed E-state index contributed by atoms with van der Waals surface area (Å²) in [6, 6.07) is 12.1. The van der Waals surface area contributed by atoms with Gasteiger partial charge >= 0.3 is 7.12 Å². The molecular weight excluding hydrogens is 365 g/mol. The molecule has 4 rings (SSSR count). The highest BCUT2D eigenvalue weighted by atomic mass is 16.4. The van der Waals surface area contributed by atoms with Gasteiger partial charge in [0.05, 0.1) is 0 Å². The van der Waals surface area contributed by atoms with Crippen molar-refractivity contribution in [1.82, 2.24) is 10.2 Å². The predicted molar refractivity (Wildman–Crippen MR) is 114 cm³/mol. The van der Waals surface area contributed by atoms with E-state index in [0.29, 0.717) is 43.1 Å². The van der Waals surface area contributed by atoms with Crippen molar-refractivity contribution >= 4 is 18.5 Å². The summed E-state index contributed by atoms with van der Waals surface area (Å²) in [6.45, 7) is 3.27. The van der Waals surface area contributed by atoms with Gasteiger partial charge in [0.15, 0.2) is 0 Å². The van der Waals surface area contributed by atoms with Gasteiger partial charge in [-0.05, 0) is 65.5 Å². The molecular formula is C22H28BN3O3. The zero-order valence-electron chi connectivity index (χ0n) is 16.6. The molecule has 0 unspecified atom stereocenters. The van der Waals surface area contributed by atoms with Crippen LogP contribution in [0.2, 0.25) is 0 Å². The van der Waals surface area contributed by atoms with Crippen molar-refractivity contribution in [3.05, 3.63) is 64.2 Å². The Morgan fingerprint density at radius 1 is 1.21 bits per heavy atom. The van der Waals surface area contributed by atoms with E-state index in [4.69, 9.17) is 5.73 Å². The molecule has 2 aliphatic heterocycles. The molecule has 2 aliphatic rings. The fraction of sp³-hybridized carbons (Fsp3) is 0.409. The highest BCUT2D eigenvalue weighted by Gasteiger charge is 2.31. The molecule has 1 fully saturated rings. The molecule has 0 aromatic heterocycles. The number of rotatable bonds is 4. The fourth-order valence-corrected chi connectivity index (χ4v) is 4.63. The van der Waals surface area contributed by atoms with E-state index in [9.17, 15) is 14.8 Å². The van der Waals surface area contributed by atoms with Crippen LogP contribution in [0.3, 0.4) is 0 Å². The molecule has 1 saturated heterocycles. The van der Waals surface area contributed by atoms with Gasteiger partial charge in [0.2, 0.25) is 0 Å². The van der Waals surface area contributed by atoms with Crippen molar-refractivity contribution in [3.8, 4) is 0 Å². The number of piperidine rings is 1. The zero-order chi connectivity index (χ0) is 20.4. The van der Waals surface area contributed by atoms with Crippen LogP contribution in [-0.4, -0.2) is 47.6 Å². The topological polar surface area (TPSA) is 98.8 Å². The van der Waals surface area contributed by atoms with E-state index < -0.39 is 7.12 Å². The van der Waals surface area contributed by atoms with Crippen LogP contribution >= 0.6 is 0 Å². The fourth-order valence-electron chi connectivity index (χ4n) is 4.63. The Morgan fingerprint density at radius 2 is 2.00 bits per heavy atom. The Hall–Kier alpha value is -2.19. The van der Waals surface area contributed by atoms with E-state index in [-0.39, 0.29) is 5.91 Å². The summed E-state index contributed by atoms with van der Waals surface area (Å²) in [7, 11) is -1.65. The van der Waals surface area contributed by atoms with Gasteiger partial charge in [0.25, 0.3) is 5.91 Å². The van der Waals surface area contributed by atoms with Crippen molar-refractivity contribution in [2.24, 2.45) is 5.73 Å². The summed E-state index contributed by atoms with van der Waals surface area (Å²) in [6.07, 6.45) is 2.61. The van der Waals surface area contributed by atoms with Crippen molar-refractivity contribution in [2.75, 3.05) is 19.6 Å². The second-order valence-corrected chi connectivity index (χ2v) is 7.98. The number of nitrogens with zero attached hydrogens (tertiary/aromatic N) is 1. The molecule has 0 spiro atoms. The number of carbonyl (C=O) groups is 1. The average Bonchev–Trinajstić information content (AvgIpc) is 2.77. The molecule has 0 radical (unpaired) electrons. The van der Waals surface area contributed by atoms with Crippen molar-refractivity contribution in [1.29, 1.82) is 0 Å². The molecule has 0 saturated carbocycles. The summed E-state index contributed by atoms with van der Waals surface area (Å²) >= 11 is 0. The summed E-state index contributed by atoms with van der Waals surface area (Å²) in [5.74, 6) is 0.303. The van der Waals surface area contributed by atoms with Crippen LogP contribution in [0, 0.1) is 0 Å². The van der Waals surface area contributed by atoms with Gasteiger partial charge in [-0.1, -0.05) is 30.3 Å². The van der Waals surface area contributed by atoms with Crippen LogP contribution in [0.25, 0.3) is 0 Å². The summed E-state index contributed by atoms with van der Waals surface area (Å²) in [5.41, 5.74) is 10.9. The first-order valence-corrected chi connectivity index (χ1v) is 10.4. The minimum absolute atomic E-state index is 0.115. The lowest BCUT2D eigenvalue weighted by Crippen LogP contribution is -2.46. The second kappa shape index (κ2) is 8.67. The third kappa shape index (κ3) is 4.09. The number of fused-ring (bicyclic) bond motifs is 1. The molecule has 0 bridgehead atoms. The second-order valence-electron chi connectivity index (χ2n) is 7.98. The molecule has 0 aliphatic carbocycles. The van der Waals surface area contributed by atoms with Crippen LogP contribution in [0.5, 0.6) is 0 Å². The van der Waals surface area contributed by atoms with E-state index >= 15 is 0 Å². The lowest BCUT2D eigenvalue weighted by molar-refractivity contribution is 0.0713. The quantitative estimate of drug-likeness (QED) is 0.567. The van der Waals surface area contributed by atoms with E-state index in [1.807, 2.05) is 23.1 Å². The van der Waals surface area contributed by atoms with E-state index in [0.717, 1.165) is 42.5 Å². The van der Waals surface area contributed by atoms with Gasteiger partial charge in [-0.3, -0.25) is 4.79 Å². The highest BCUT2D eigenvalue weighted by molar-refractivity contribution is 6.61.